The third-order valence-corrected chi connectivity index (χ3v) is 7.67. The van der Waals surface area contributed by atoms with E-state index in [1.54, 1.807) is 6.33 Å². The maximum absolute atomic E-state index is 5.12. The number of fused-ring (bicyclic) bond motifs is 5. The van der Waals surface area contributed by atoms with Crippen LogP contribution in [0.5, 0.6) is 0 Å². The predicted octanol–water partition coefficient (Wildman–Crippen LogP) is 4.52. The van der Waals surface area contributed by atoms with Gasteiger partial charge in [0.1, 0.15) is 17.6 Å². The van der Waals surface area contributed by atoms with Crippen LogP contribution in [0.25, 0.3) is 33.5 Å². The molecule has 2 atom stereocenters. The zero-order chi connectivity index (χ0) is 19.5. The number of aryl methyl sites for hydroxylation is 1. The summed E-state index contributed by atoms with van der Waals surface area (Å²) in [5.41, 5.74) is 4.00. The third kappa shape index (κ3) is 2.61. The highest BCUT2D eigenvalue weighted by atomic mass is 15.0. The van der Waals surface area contributed by atoms with Gasteiger partial charge in [-0.2, -0.15) is 0 Å². The molecule has 4 aromatic rings. The summed E-state index contributed by atoms with van der Waals surface area (Å²) in [5, 5.41) is 2.16. The van der Waals surface area contributed by atoms with Gasteiger partial charge < -0.3 is 9.55 Å². The monoisotopic (exact) mass is 386 g/mol. The van der Waals surface area contributed by atoms with Gasteiger partial charge in [0.15, 0.2) is 5.82 Å². The number of hydrogen-bond acceptors (Lipinski definition) is 4. The van der Waals surface area contributed by atoms with Crippen LogP contribution in [0.2, 0.25) is 0 Å². The molecule has 3 aliphatic rings. The molecule has 4 aromatic heterocycles. The van der Waals surface area contributed by atoms with Crippen molar-refractivity contribution in [2.75, 3.05) is 0 Å². The molecule has 0 radical (unpaired) electrons. The molecule has 0 spiro atoms. The Morgan fingerprint density at radius 3 is 2.76 bits per heavy atom. The molecule has 3 saturated carbocycles. The van der Waals surface area contributed by atoms with Crippen molar-refractivity contribution >= 4 is 22.1 Å². The molecule has 0 aliphatic heterocycles. The molecule has 0 aromatic carbocycles. The Morgan fingerprint density at radius 1 is 1.10 bits per heavy atom. The Morgan fingerprint density at radius 2 is 1.93 bits per heavy atom. The molecule has 2 bridgehead atoms. The average molecular weight is 387 g/mol. The second-order valence-electron chi connectivity index (χ2n) is 9.05. The number of hydrogen-bond donors (Lipinski definition) is 1. The molecule has 148 valence electrons. The molecular formula is C23H26N6. The summed E-state index contributed by atoms with van der Waals surface area (Å²) in [6, 6.07) is 2.18. The van der Waals surface area contributed by atoms with E-state index in [2.05, 4.69) is 45.8 Å². The number of rotatable bonds is 3. The van der Waals surface area contributed by atoms with E-state index in [-0.39, 0.29) is 0 Å². The van der Waals surface area contributed by atoms with E-state index < -0.39 is 0 Å². The molecule has 6 heteroatoms. The van der Waals surface area contributed by atoms with Gasteiger partial charge in [0.2, 0.25) is 0 Å². The number of aromatic amines is 1. The van der Waals surface area contributed by atoms with E-state index in [0.29, 0.717) is 0 Å². The first-order valence-electron chi connectivity index (χ1n) is 10.8. The Hall–Kier alpha value is -2.76. The molecule has 3 aliphatic carbocycles. The van der Waals surface area contributed by atoms with Gasteiger partial charge in [-0.3, -0.25) is 0 Å². The van der Waals surface area contributed by atoms with Crippen molar-refractivity contribution in [3.8, 4) is 11.4 Å². The van der Waals surface area contributed by atoms with E-state index in [0.717, 1.165) is 58.2 Å². The van der Waals surface area contributed by atoms with Gasteiger partial charge in [0.25, 0.3) is 0 Å². The largest absolute Gasteiger partial charge is 0.345 e. The first-order valence-corrected chi connectivity index (χ1v) is 10.8. The molecule has 6 nitrogen and oxygen atoms in total. The Labute approximate surface area is 169 Å². The van der Waals surface area contributed by atoms with Gasteiger partial charge in [0.05, 0.1) is 5.69 Å². The SMILES string of the molecule is CC1C2CCC(CC2)C1Cc1nc(-c2c[nH]c3ncncc23)nc2c1ccn2C. The van der Waals surface area contributed by atoms with Crippen LogP contribution in [0.1, 0.15) is 38.3 Å². The lowest BCUT2D eigenvalue weighted by molar-refractivity contribution is 0.0341. The minimum atomic E-state index is 0.736. The molecule has 7 rings (SSSR count). The van der Waals surface area contributed by atoms with Gasteiger partial charge in [0, 0.05) is 42.0 Å². The van der Waals surface area contributed by atoms with E-state index >= 15 is 0 Å². The zero-order valence-corrected chi connectivity index (χ0v) is 17.0. The second-order valence-corrected chi connectivity index (χ2v) is 9.05. The maximum Gasteiger partial charge on any atom is 0.164 e. The van der Waals surface area contributed by atoms with Crippen molar-refractivity contribution in [2.24, 2.45) is 30.7 Å². The van der Waals surface area contributed by atoms with Crippen LogP contribution in [0.4, 0.5) is 0 Å². The molecule has 1 N–H and O–H groups in total. The molecule has 4 heterocycles. The van der Waals surface area contributed by atoms with Crippen molar-refractivity contribution in [1.29, 1.82) is 0 Å². The first-order chi connectivity index (χ1) is 14.2. The fraction of sp³-hybridized carbons (Fsp3) is 0.478. The van der Waals surface area contributed by atoms with Crippen LogP contribution < -0.4 is 0 Å². The van der Waals surface area contributed by atoms with Gasteiger partial charge in [-0.15, -0.1) is 0 Å². The summed E-state index contributed by atoms with van der Waals surface area (Å²) in [6.45, 7) is 2.47. The predicted molar refractivity (Wildman–Crippen MR) is 113 cm³/mol. The standard InChI is InChI=1S/C23H26N6/c1-13-14-3-5-15(6-4-14)17(13)9-20-16-7-8-29(2)23(16)28-22(27-20)19-11-25-21-18(19)10-24-12-26-21/h7-8,10-15,17H,3-6,9H2,1-2H3,(H,24,25,26). The van der Waals surface area contributed by atoms with Crippen LogP contribution in [0.15, 0.2) is 31.0 Å². The fourth-order valence-corrected chi connectivity index (χ4v) is 5.97. The van der Waals surface area contributed by atoms with Crippen molar-refractivity contribution in [2.45, 2.75) is 39.0 Å². The van der Waals surface area contributed by atoms with Crippen molar-refractivity contribution in [3.05, 3.63) is 36.7 Å². The fourth-order valence-electron chi connectivity index (χ4n) is 5.97. The summed E-state index contributed by atoms with van der Waals surface area (Å²) in [5.74, 6) is 4.06. The lowest BCUT2D eigenvalue weighted by Gasteiger charge is -2.47. The average Bonchev–Trinajstić information content (AvgIpc) is 3.35. The lowest BCUT2D eigenvalue weighted by atomic mass is 9.58. The van der Waals surface area contributed by atoms with Crippen molar-refractivity contribution in [1.82, 2.24) is 29.5 Å². The van der Waals surface area contributed by atoms with Crippen LogP contribution >= 0.6 is 0 Å². The molecule has 0 amide bonds. The van der Waals surface area contributed by atoms with Crippen molar-refractivity contribution < 1.29 is 0 Å². The molecule has 2 unspecified atom stereocenters. The van der Waals surface area contributed by atoms with Crippen LogP contribution in [-0.2, 0) is 13.5 Å². The molecule has 3 fully saturated rings. The summed E-state index contributed by atoms with van der Waals surface area (Å²) in [7, 11) is 2.06. The smallest absolute Gasteiger partial charge is 0.164 e. The number of nitrogens with zero attached hydrogens (tertiary/aromatic N) is 5. The first kappa shape index (κ1) is 17.1. The van der Waals surface area contributed by atoms with Gasteiger partial charge in [-0.25, -0.2) is 19.9 Å². The Kier molecular flexibility index (Phi) is 3.76. The van der Waals surface area contributed by atoms with E-state index in [1.165, 1.54) is 36.8 Å². The van der Waals surface area contributed by atoms with Crippen LogP contribution in [0.3, 0.4) is 0 Å². The summed E-state index contributed by atoms with van der Waals surface area (Å²) in [6.07, 6.45) is 14.2. The number of aromatic nitrogens is 6. The minimum absolute atomic E-state index is 0.736. The summed E-state index contributed by atoms with van der Waals surface area (Å²) < 4.78 is 2.10. The third-order valence-electron chi connectivity index (χ3n) is 7.67. The van der Waals surface area contributed by atoms with Gasteiger partial charge in [-0.05, 0) is 61.8 Å². The van der Waals surface area contributed by atoms with Gasteiger partial charge in [-0.1, -0.05) is 6.92 Å². The Bertz CT molecular complexity index is 1190. The highest BCUT2D eigenvalue weighted by Gasteiger charge is 2.41. The summed E-state index contributed by atoms with van der Waals surface area (Å²) >= 11 is 0. The maximum atomic E-state index is 5.12. The highest BCUT2D eigenvalue weighted by Crippen LogP contribution is 2.50. The van der Waals surface area contributed by atoms with E-state index in [9.17, 15) is 0 Å². The Balaban J connectivity index is 1.48. The normalized spacial score (nSPS) is 26.6. The molecule has 29 heavy (non-hydrogen) atoms. The van der Waals surface area contributed by atoms with Crippen LogP contribution in [-0.4, -0.2) is 29.5 Å². The van der Waals surface area contributed by atoms with E-state index in [1.807, 2.05) is 12.4 Å². The van der Waals surface area contributed by atoms with Gasteiger partial charge >= 0.3 is 0 Å². The lowest BCUT2D eigenvalue weighted by Crippen LogP contribution is -2.39. The zero-order valence-electron chi connectivity index (χ0n) is 17.0. The van der Waals surface area contributed by atoms with Crippen LogP contribution in [0, 0.1) is 23.7 Å². The topological polar surface area (TPSA) is 72.3 Å². The highest BCUT2D eigenvalue weighted by molar-refractivity contribution is 5.92. The molecular weight excluding hydrogens is 360 g/mol. The van der Waals surface area contributed by atoms with Crippen molar-refractivity contribution in [3.63, 3.8) is 0 Å². The number of H-pyrrole nitrogens is 1. The number of nitrogens with one attached hydrogen (secondary N) is 1. The minimum Gasteiger partial charge on any atom is -0.345 e. The van der Waals surface area contributed by atoms with E-state index in [4.69, 9.17) is 9.97 Å². The molecule has 0 saturated heterocycles. The second kappa shape index (κ2) is 6.37. The summed E-state index contributed by atoms with van der Waals surface area (Å²) in [4.78, 5) is 21.8. The quantitative estimate of drug-likeness (QED) is 0.562.